The lowest BCUT2D eigenvalue weighted by Gasteiger charge is -2.10. The lowest BCUT2D eigenvalue weighted by atomic mass is 10.1. The van der Waals surface area contributed by atoms with Crippen LogP contribution >= 0.6 is 11.6 Å². The highest BCUT2D eigenvalue weighted by molar-refractivity contribution is 6.30. The van der Waals surface area contributed by atoms with Crippen LogP contribution in [0.3, 0.4) is 0 Å². The van der Waals surface area contributed by atoms with Crippen molar-refractivity contribution in [2.75, 3.05) is 7.11 Å². The van der Waals surface area contributed by atoms with E-state index < -0.39 is 0 Å². The molecule has 5 aromatic rings. The Kier molecular flexibility index (Phi) is 4.76. The normalized spacial score (nSPS) is 11.0. The van der Waals surface area contributed by atoms with Gasteiger partial charge in [0.2, 0.25) is 5.82 Å². The average molecular weight is 430 g/mol. The van der Waals surface area contributed by atoms with Crippen LogP contribution in [-0.4, -0.2) is 21.8 Å². The van der Waals surface area contributed by atoms with E-state index in [4.69, 9.17) is 20.9 Å². The first-order valence-corrected chi connectivity index (χ1v) is 9.91. The fourth-order valence-corrected chi connectivity index (χ4v) is 3.68. The van der Waals surface area contributed by atoms with Gasteiger partial charge in [0.15, 0.2) is 0 Å². The molecule has 0 atom stereocenters. The van der Waals surface area contributed by atoms with Crippen LogP contribution in [0.15, 0.2) is 88.3 Å². The van der Waals surface area contributed by atoms with Crippen molar-refractivity contribution in [2.24, 2.45) is 0 Å². The zero-order valence-corrected chi connectivity index (χ0v) is 17.2. The molecule has 3 aromatic carbocycles. The maximum atomic E-state index is 13.2. The Bertz CT molecular complexity index is 1470. The molecule has 152 valence electrons. The molecule has 31 heavy (non-hydrogen) atoms. The number of halogens is 1. The van der Waals surface area contributed by atoms with Gasteiger partial charge in [0.1, 0.15) is 5.75 Å². The van der Waals surface area contributed by atoms with Crippen LogP contribution in [0.25, 0.3) is 39.3 Å². The molecule has 2 heterocycles. The summed E-state index contributed by atoms with van der Waals surface area (Å²) in [6.45, 7) is 0. The Labute approximate surface area is 182 Å². The minimum atomic E-state index is -0.158. The minimum absolute atomic E-state index is 0.158. The van der Waals surface area contributed by atoms with Gasteiger partial charge in [-0.15, -0.1) is 0 Å². The third-order valence-electron chi connectivity index (χ3n) is 5.00. The molecule has 5 rings (SSSR count). The molecule has 0 bridgehead atoms. The van der Waals surface area contributed by atoms with Crippen LogP contribution in [0.2, 0.25) is 5.02 Å². The van der Waals surface area contributed by atoms with Gasteiger partial charge in [0, 0.05) is 27.6 Å². The number of nitrogens with zero attached hydrogens (tertiary/aromatic N) is 3. The van der Waals surface area contributed by atoms with Crippen molar-refractivity contribution in [3.05, 3.63) is 94.4 Å². The van der Waals surface area contributed by atoms with Crippen LogP contribution in [0, 0.1) is 0 Å². The molecule has 7 heteroatoms. The largest absolute Gasteiger partial charge is 0.497 e. The van der Waals surface area contributed by atoms with Gasteiger partial charge >= 0.3 is 0 Å². The first kappa shape index (κ1) is 19.1. The van der Waals surface area contributed by atoms with Crippen LogP contribution in [-0.2, 0) is 0 Å². The summed E-state index contributed by atoms with van der Waals surface area (Å²) in [6, 6.07) is 21.9. The molecule has 0 aliphatic heterocycles. The Morgan fingerprint density at radius 1 is 0.968 bits per heavy atom. The van der Waals surface area contributed by atoms with E-state index in [0.717, 1.165) is 10.9 Å². The molecule has 0 N–H and O–H groups in total. The number of aromatic nitrogens is 3. The Morgan fingerprint density at radius 3 is 2.58 bits per heavy atom. The number of hydrogen-bond donors (Lipinski definition) is 0. The lowest BCUT2D eigenvalue weighted by molar-refractivity contribution is 0.414. The molecule has 0 aliphatic rings. The maximum absolute atomic E-state index is 13.2. The molecule has 0 radical (unpaired) electrons. The lowest BCUT2D eigenvalue weighted by Crippen LogP contribution is -2.18. The molecule has 0 unspecified atom stereocenters. The number of fused-ring (bicyclic) bond motifs is 1. The highest BCUT2D eigenvalue weighted by atomic mass is 35.5. The second-order valence-electron chi connectivity index (χ2n) is 6.90. The minimum Gasteiger partial charge on any atom is -0.497 e. The summed E-state index contributed by atoms with van der Waals surface area (Å²) in [5.41, 5.74) is 1.91. The number of pyridine rings is 1. The smallest absolute Gasteiger partial charge is 0.262 e. The molecule has 0 amide bonds. The number of hydrogen-bond acceptors (Lipinski definition) is 5. The molecular weight excluding hydrogens is 414 g/mol. The highest BCUT2D eigenvalue weighted by Gasteiger charge is 2.17. The summed E-state index contributed by atoms with van der Waals surface area (Å²) < 4.78 is 12.4. The summed E-state index contributed by atoms with van der Waals surface area (Å²) in [4.78, 5) is 17.7. The Balaban J connectivity index is 1.71. The molecular formula is C24H16ClN3O3. The predicted molar refractivity (Wildman–Crippen MR) is 120 cm³/mol. The topological polar surface area (TPSA) is 70.2 Å². The standard InChI is InChI=1S/C24H16ClN3O3/c1-30-18-9-4-6-15(12-18)22-26-23(31-27-22)21-14-28(17-8-5-7-16(25)13-17)24(29)20-11-3-2-10-19(20)21/h2-14H,1H3. The summed E-state index contributed by atoms with van der Waals surface area (Å²) >= 11 is 6.15. The van der Waals surface area contributed by atoms with Gasteiger partial charge in [-0.1, -0.05) is 53.2 Å². The number of benzene rings is 3. The van der Waals surface area contributed by atoms with Crippen molar-refractivity contribution in [2.45, 2.75) is 0 Å². The first-order chi connectivity index (χ1) is 15.1. The van der Waals surface area contributed by atoms with Crippen LogP contribution in [0.5, 0.6) is 5.75 Å². The van der Waals surface area contributed by atoms with E-state index in [0.29, 0.717) is 39.1 Å². The molecule has 6 nitrogen and oxygen atoms in total. The van der Waals surface area contributed by atoms with Crippen LogP contribution in [0.1, 0.15) is 0 Å². The van der Waals surface area contributed by atoms with Crippen LogP contribution in [0.4, 0.5) is 0 Å². The van der Waals surface area contributed by atoms with Gasteiger partial charge in [-0.25, -0.2) is 0 Å². The van der Waals surface area contributed by atoms with Crippen molar-refractivity contribution in [1.82, 2.24) is 14.7 Å². The Hall–Kier alpha value is -3.90. The molecule has 0 fully saturated rings. The number of methoxy groups -OCH3 is 1. The fourth-order valence-electron chi connectivity index (χ4n) is 3.49. The average Bonchev–Trinajstić information content (AvgIpc) is 3.30. The summed E-state index contributed by atoms with van der Waals surface area (Å²) in [5.74, 6) is 1.44. The van der Waals surface area contributed by atoms with Gasteiger partial charge in [-0.2, -0.15) is 4.98 Å². The molecule has 0 spiro atoms. The molecule has 0 saturated heterocycles. The quantitative estimate of drug-likeness (QED) is 0.384. The number of rotatable bonds is 4. The van der Waals surface area contributed by atoms with E-state index in [1.165, 1.54) is 0 Å². The first-order valence-electron chi connectivity index (χ1n) is 9.53. The van der Waals surface area contributed by atoms with E-state index in [2.05, 4.69) is 10.1 Å². The van der Waals surface area contributed by atoms with Gasteiger partial charge in [-0.05, 0) is 36.4 Å². The van der Waals surface area contributed by atoms with Crippen molar-refractivity contribution in [1.29, 1.82) is 0 Å². The van der Waals surface area contributed by atoms with Gasteiger partial charge in [-0.3, -0.25) is 9.36 Å². The third-order valence-corrected chi connectivity index (χ3v) is 5.23. The summed E-state index contributed by atoms with van der Waals surface area (Å²) in [5, 5.41) is 5.94. The van der Waals surface area contributed by atoms with E-state index in [-0.39, 0.29) is 5.56 Å². The van der Waals surface area contributed by atoms with E-state index >= 15 is 0 Å². The summed E-state index contributed by atoms with van der Waals surface area (Å²) in [6.07, 6.45) is 1.71. The molecule has 0 saturated carbocycles. The number of ether oxygens (including phenoxy) is 1. The Morgan fingerprint density at radius 2 is 1.77 bits per heavy atom. The molecule has 2 aromatic heterocycles. The van der Waals surface area contributed by atoms with Crippen molar-refractivity contribution in [3.8, 4) is 34.3 Å². The zero-order chi connectivity index (χ0) is 21.4. The monoisotopic (exact) mass is 429 g/mol. The van der Waals surface area contributed by atoms with Gasteiger partial charge in [0.05, 0.1) is 18.4 Å². The zero-order valence-electron chi connectivity index (χ0n) is 16.4. The SMILES string of the molecule is COc1cccc(-c2noc(-c3cn(-c4cccc(Cl)c4)c(=O)c4ccccc34)n2)c1. The van der Waals surface area contributed by atoms with E-state index in [9.17, 15) is 4.79 Å². The fraction of sp³-hybridized carbons (Fsp3) is 0.0417. The summed E-state index contributed by atoms with van der Waals surface area (Å²) in [7, 11) is 1.60. The second kappa shape index (κ2) is 7.74. The third kappa shape index (κ3) is 3.47. The maximum Gasteiger partial charge on any atom is 0.262 e. The van der Waals surface area contributed by atoms with Gasteiger partial charge in [0.25, 0.3) is 11.4 Å². The highest BCUT2D eigenvalue weighted by Crippen LogP contribution is 2.29. The van der Waals surface area contributed by atoms with E-state index in [1.54, 1.807) is 42.1 Å². The van der Waals surface area contributed by atoms with Crippen molar-refractivity contribution >= 4 is 22.4 Å². The van der Waals surface area contributed by atoms with E-state index in [1.807, 2.05) is 48.5 Å². The van der Waals surface area contributed by atoms with Crippen molar-refractivity contribution in [3.63, 3.8) is 0 Å². The van der Waals surface area contributed by atoms with Crippen molar-refractivity contribution < 1.29 is 9.26 Å². The predicted octanol–water partition coefficient (Wildman–Crippen LogP) is 5.37. The molecule has 0 aliphatic carbocycles. The second-order valence-corrected chi connectivity index (χ2v) is 7.33. The van der Waals surface area contributed by atoms with Crippen LogP contribution < -0.4 is 10.3 Å². The van der Waals surface area contributed by atoms with Gasteiger partial charge < -0.3 is 9.26 Å².